The van der Waals surface area contributed by atoms with E-state index in [4.69, 9.17) is 41.2 Å². The normalized spacial score (nSPS) is 11.1. The Bertz CT molecular complexity index is 790. The van der Waals surface area contributed by atoms with Gasteiger partial charge in [0.1, 0.15) is 4.99 Å². The number of halogens is 2. The first-order valence-corrected chi connectivity index (χ1v) is 8.32. The minimum Gasteiger partial charge on any atom is -0.389 e. The van der Waals surface area contributed by atoms with Gasteiger partial charge in [-0.25, -0.2) is 8.42 Å². The number of thiocarbonyl (C=S) groups is 1. The first kappa shape index (κ1) is 16.0. The van der Waals surface area contributed by atoms with E-state index in [1.165, 1.54) is 30.3 Å². The van der Waals surface area contributed by atoms with Crippen LogP contribution in [0.3, 0.4) is 0 Å². The van der Waals surface area contributed by atoms with Crippen LogP contribution in [0.5, 0.6) is 0 Å². The lowest BCUT2D eigenvalue weighted by molar-refractivity contribution is 0.601. The van der Waals surface area contributed by atoms with Gasteiger partial charge in [-0.3, -0.25) is 4.72 Å². The number of rotatable bonds is 4. The van der Waals surface area contributed by atoms with Gasteiger partial charge in [0.25, 0.3) is 10.0 Å². The van der Waals surface area contributed by atoms with E-state index < -0.39 is 10.0 Å². The molecule has 0 saturated heterocycles. The van der Waals surface area contributed by atoms with Crippen LogP contribution in [-0.2, 0) is 10.0 Å². The molecular formula is C13H10Cl2N2O2S2. The largest absolute Gasteiger partial charge is 0.389 e. The SMILES string of the molecule is NC(=S)c1ccc(S(=O)(=O)Nc2ccc(Cl)c(Cl)c2)cc1. The monoisotopic (exact) mass is 360 g/mol. The summed E-state index contributed by atoms with van der Waals surface area (Å²) >= 11 is 16.4. The molecule has 0 radical (unpaired) electrons. The van der Waals surface area contributed by atoms with Crippen molar-refractivity contribution in [3.8, 4) is 0 Å². The smallest absolute Gasteiger partial charge is 0.261 e. The first-order valence-electron chi connectivity index (χ1n) is 5.67. The van der Waals surface area contributed by atoms with Crippen molar-refractivity contribution in [1.82, 2.24) is 0 Å². The van der Waals surface area contributed by atoms with Crippen LogP contribution in [0, 0.1) is 0 Å². The van der Waals surface area contributed by atoms with Crippen molar-refractivity contribution < 1.29 is 8.42 Å². The van der Waals surface area contributed by atoms with Crippen LogP contribution in [0.2, 0.25) is 10.0 Å². The predicted octanol–water partition coefficient (Wildman–Crippen LogP) is 3.43. The highest BCUT2D eigenvalue weighted by Gasteiger charge is 2.14. The predicted molar refractivity (Wildman–Crippen MR) is 89.6 cm³/mol. The average molecular weight is 361 g/mol. The molecule has 2 rings (SSSR count). The lowest BCUT2D eigenvalue weighted by Crippen LogP contribution is -2.14. The number of hydrogen-bond acceptors (Lipinski definition) is 3. The van der Waals surface area contributed by atoms with Gasteiger partial charge >= 0.3 is 0 Å². The summed E-state index contributed by atoms with van der Waals surface area (Å²) in [7, 11) is -3.72. The number of hydrogen-bond donors (Lipinski definition) is 2. The van der Waals surface area contributed by atoms with Gasteiger partial charge in [0, 0.05) is 5.56 Å². The van der Waals surface area contributed by atoms with Gasteiger partial charge in [0.05, 0.1) is 20.6 Å². The molecule has 4 nitrogen and oxygen atoms in total. The molecule has 0 unspecified atom stereocenters. The molecule has 0 fully saturated rings. The van der Waals surface area contributed by atoms with Crippen molar-refractivity contribution in [3.05, 3.63) is 58.1 Å². The Kier molecular flexibility index (Phi) is 4.73. The van der Waals surface area contributed by atoms with Gasteiger partial charge in [-0.05, 0) is 30.3 Å². The third kappa shape index (κ3) is 3.85. The molecule has 0 aliphatic carbocycles. The molecule has 0 bridgehead atoms. The summed E-state index contributed by atoms with van der Waals surface area (Å²) in [5.41, 5.74) is 6.38. The zero-order valence-corrected chi connectivity index (χ0v) is 13.7. The third-order valence-corrected chi connectivity index (χ3v) is 4.99. The van der Waals surface area contributed by atoms with Crippen molar-refractivity contribution in [2.45, 2.75) is 4.90 Å². The fourth-order valence-corrected chi connectivity index (χ4v) is 3.06. The summed E-state index contributed by atoms with van der Waals surface area (Å²) in [5, 5.41) is 0.612. The Morgan fingerprint density at radius 2 is 1.67 bits per heavy atom. The number of nitrogens with two attached hydrogens (primary N) is 1. The molecule has 8 heteroatoms. The Morgan fingerprint density at radius 3 is 2.19 bits per heavy atom. The highest BCUT2D eigenvalue weighted by Crippen LogP contribution is 2.26. The quantitative estimate of drug-likeness (QED) is 0.819. The van der Waals surface area contributed by atoms with Gasteiger partial charge in [-0.2, -0.15) is 0 Å². The van der Waals surface area contributed by atoms with E-state index in [-0.39, 0.29) is 14.9 Å². The maximum Gasteiger partial charge on any atom is 0.261 e. The van der Waals surface area contributed by atoms with Crippen molar-refractivity contribution in [1.29, 1.82) is 0 Å². The Hall–Kier alpha value is -1.34. The summed E-state index contributed by atoms with van der Waals surface area (Å²) in [6.45, 7) is 0. The van der Waals surface area contributed by atoms with Crippen molar-refractivity contribution >= 4 is 56.1 Å². The summed E-state index contributed by atoms with van der Waals surface area (Å²) in [6, 6.07) is 10.4. The second-order valence-electron chi connectivity index (χ2n) is 4.12. The standard InChI is InChI=1S/C13H10Cl2N2O2S2/c14-11-6-3-9(7-12(11)15)17-21(18,19)10-4-1-8(2-5-10)13(16)20/h1-7,17H,(H2,16,20). The van der Waals surface area contributed by atoms with E-state index >= 15 is 0 Å². The van der Waals surface area contributed by atoms with Crippen LogP contribution < -0.4 is 10.5 Å². The van der Waals surface area contributed by atoms with E-state index in [2.05, 4.69) is 4.72 Å². The topological polar surface area (TPSA) is 72.2 Å². The molecule has 0 amide bonds. The minimum absolute atomic E-state index is 0.0913. The maximum absolute atomic E-state index is 12.2. The molecule has 110 valence electrons. The van der Waals surface area contributed by atoms with Crippen LogP contribution >= 0.6 is 35.4 Å². The third-order valence-electron chi connectivity index (χ3n) is 2.62. The minimum atomic E-state index is -3.72. The van der Waals surface area contributed by atoms with Crippen LogP contribution in [-0.4, -0.2) is 13.4 Å². The van der Waals surface area contributed by atoms with Crippen LogP contribution in [0.4, 0.5) is 5.69 Å². The van der Waals surface area contributed by atoms with Crippen molar-refractivity contribution in [2.75, 3.05) is 4.72 Å². The van der Waals surface area contributed by atoms with E-state index in [0.717, 1.165) is 0 Å². The van der Waals surface area contributed by atoms with Crippen molar-refractivity contribution in [3.63, 3.8) is 0 Å². The molecule has 0 aliphatic rings. The van der Waals surface area contributed by atoms with Gasteiger partial charge in [-0.15, -0.1) is 0 Å². The molecular weight excluding hydrogens is 351 g/mol. The fraction of sp³-hybridized carbons (Fsp3) is 0. The maximum atomic E-state index is 12.2. The second kappa shape index (κ2) is 6.19. The first-order chi connectivity index (χ1) is 9.79. The molecule has 21 heavy (non-hydrogen) atoms. The van der Waals surface area contributed by atoms with Gasteiger partial charge in [-0.1, -0.05) is 47.6 Å². The van der Waals surface area contributed by atoms with E-state index in [1.54, 1.807) is 12.1 Å². The van der Waals surface area contributed by atoms with Crippen LogP contribution in [0.25, 0.3) is 0 Å². The molecule has 3 N–H and O–H groups in total. The summed E-state index contributed by atoms with van der Waals surface area (Å²) in [4.78, 5) is 0.296. The molecule has 0 saturated carbocycles. The van der Waals surface area contributed by atoms with Crippen molar-refractivity contribution in [2.24, 2.45) is 5.73 Å². The molecule has 2 aromatic carbocycles. The van der Waals surface area contributed by atoms with Crippen LogP contribution in [0.15, 0.2) is 47.4 Å². The number of nitrogens with one attached hydrogen (secondary N) is 1. The van der Waals surface area contributed by atoms with E-state index in [0.29, 0.717) is 16.3 Å². The number of sulfonamides is 1. The van der Waals surface area contributed by atoms with Gasteiger partial charge in [0.15, 0.2) is 0 Å². The van der Waals surface area contributed by atoms with Gasteiger partial charge < -0.3 is 5.73 Å². The Morgan fingerprint density at radius 1 is 1.05 bits per heavy atom. The fourth-order valence-electron chi connectivity index (χ4n) is 1.57. The highest BCUT2D eigenvalue weighted by atomic mass is 35.5. The zero-order valence-electron chi connectivity index (χ0n) is 10.5. The molecule has 0 heterocycles. The lowest BCUT2D eigenvalue weighted by Gasteiger charge is -2.09. The summed E-state index contributed by atoms with van der Waals surface area (Å²) < 4.78 is 26.9. The van der Waals surface area contributed by atoms with Crippen LogP contribution in [0.1, 0.15) is 5.56 Å². The Balaban J connectivity index is 2.29. The Labute approximate surface area is 137 Å². The number of benzene rings is 2. The highest BCUT2D eigenvalue weighted by molar-refractivity contribution is 7.92. The summed E-state index contributed by atoms with van der Waals surface area (Å²) in [6.07, 6.45) is 0. The van der Waals surface area contributed by atoms with Gasteiger partial charge in [0.2, 0.25) is 0 Å². The second-order valence-corrected chi connectivity index (χ2v) is 7.06. The lowest BCUT2D eigenvalue weighted by atomic mass is 10.2. The average Bonchev–Trinajstić information content (AvgIpc) is 2.43. The molecule has 0 spiro atoms. The van der Waals surface area contributed by atoms with E-state index in [1.807, 2.05) is 0 Å². The van der Waals surface area contributed by atoms with E-state index in [9.17, 15) is 8.42 Å². The molecule has 2 aromatic rings. The molecule has 0 aliphatic heterocycles. The molecule has 0 atom stereocenters. The summed E-state index contributed by atoms with van der Waals surface area (Å²) in [5.74, 6) is 0. The number of anilines is 1. The zero-order chi connectivity index (χ0) is 15.6. The molecule has 0 aromatic heterocycles.